The molecule has 0 saturated heterocycles. The number of ether oxygens (including phenoxy) is 1. The predicted molar refractivity (Wildman–Crippen MR) is 86.2 cm³/mol. The summed E-state index contributed by atoms with van der Waals surface area (Å²) >= 11 is 0. The molecule has 0 saturated carbocycles. The smallest absolute Gasteiger partial charge is 0.128 e. The molecule has 0 bridgehead atoms. The topological polar surface area (TPSA) is 37.4 Å². The largest absolute Gasteiger partial charge is 0.497 e. The van der Waals surface area contributed by atoms with Crippen molar-refractivity contribution in [3.8, 4) is 5.75 Å². The van der Waals surface area contributed by atoms with Crippen LogP contribution in [0.1, 0.15) is 23.6 Å². The molecule has 4 heteroatoms. The van der Waals surface area contributed by atoms with Crippen molar-refractivity contribution in [2.24, 2.45) is 0 Å². The van der Waals surface area contributed by atoms with E-state index in [-0.39, 0.29) is 0 Å². The van der Waals surface area contributed by atoms with Crippen molar-refractivity contribution in [3.05, 3.63) is 47.7 Å². The van der Waals surface area contributed by atoms with Gasteiger partial charge in [0.1, 0.15) is 11.6 Å². The molecule has 1 aromatic carbocycles. The Morgan fingerprint density at radius 2 is 2.10 bits per heavy atom. The molecule has 0 aliphatic heterocycles. The maximum absolute atomic E-state index is 5.33. The summed E-state index contributed by atoms with van der Waals surface area (Å²) in [6, 6.07) is 10.8. The van der Waals surface area contributed by atoms with E-state index < -0.39 is 0 Å². The van der Waals surface area contributed by atoms with Crippen LogP contribution in [0.15, 0.2) is 36.5 Å². The van der Waals surface area contributed by atoms with E-state index in [9.17, 15) is 0 Å². The van der Waals surface area contributed by atoms with Crippen LogP contribution in [-0.2, 0) is 6.42 Å². The fourth-order valence-electron chi connectivity index (χ4n) is 2.79. The van der Waals surface area contributed by atoms with E-state index in [4.69, 9.17) is 4.74 Å². The summed E-state index contributed by atoms with van der Waals surface area (Å²) in [6.07, 6.45) is 4.12. The molecule has 1 aliphatic carbocycles. The number of methoxy groups -OCH3 is 1. The second-order valence-electron chi connectivity index (χ2n) is 5.60. The van der Waals surface area contributed by atoms with Gasteiger partial charge >= 0.3 is 0 Å². The number of rotatable bonds is 4. The third-order valence-corrected chi connectivity index (χ3v) is 3.98. The van der Waals surface area contributed by atoms with Crippen molar-refractivity contribution in [3.63, 3.8) is 0 Å². The molecule has 4 nitrogen and oxygen atoms in total. The summed E-state index contributed by atoms with van der Waals surface area (Å²) in [7, 11) is 5.70. The van der Waals surface area contributed by atoms with Crippen molar-refractivity contribution < 1.29 is 4.74 Å². The van der Waals surface area contributed by atoms with E-state index >= 15 is 0 Å². The molecule has 0 radical (unpaired) electrons. The van der Waals surface area contributed by atoms with Gasteiger partial charge in [0.15, 0.2) is 0 Å². The quantitative estimate of drug-likeness (QED) is 0.934. The monoisotopic (exact) mass is 283 g/mol. The van der Waals surface area contributed by atoms with Crippen LogP contribution in [0.3, 0.4) is 0 Å². The van der Waals surface area contributed by atoms with Gasteiger partial charge in [-0.25, -0.2) is 4.98 Å². The second kappa shape index (κ2) is 5.64. The van der Waals surface area contributed by atoms with Gasteiger partial charge < -0.3 is 15.0 Å². The number of hydrogen-bond acceptors (Lipinski definition) is 4. The third-order valence-electron chi connectivity index (χ3n) is 3.98. The normalized spacial score (nSPS) is 16.4. The zero-order valence-corrected chi connectivity index (χ0v) is 12.8. The van der Waals surface area contributed by atoms with Gasteiger partial charge in [-0.1, -0.05) is 6.07 Å². The minimum absolute atomic E-state index is 0.335. The minimum atomic E-state index is 0.335. The highest BCUT2D eigenvalue weighted by Crippen LogP contribution is 2.36. The first-order chi connectivity index (χ1) is 10.2. The lowest BCUT2D eigenvalue weighted by Gasteiger charge is -2.17. The van der Waals surface area contributed by atoms with Gasteiger partial charge in [0.25, 0.3) is 0 Å². The molecule has 1 unspecified atom stereocenters. The zero-order valence-electron chi connectivity index (χ0n) is 12.8. The zero-order chi connectivity index (χ0) is 14.8. The number of hydrogen-bond donors (Lipinski definition) is 1. The Kier molecular flexibility index (Phi) is 3.69. The Morgan fingerprint density at radius 3 is 2.76 bits per heavy atom. The Hall–Kier alpha value is -2.23. The van der Waals surface area contributed by atoms with Gasteiger partial charge in [0, 0.05) is 14.1 Å². The SMILES string of the molecule is COc1ccc2c(c1)C(Nc1ccc(N(C)C)nc1)CC2. The molecule has 1 heterocycles. The van der Waals surface area contributed by atoms with Crippen LogP contribution in [-0.4, -0.2) is 26.2 Å². The molecule has 3 rings (SSSR count). The number of nitrogens with zero attached hydrogens (tertiary/aromatic N) is 2. The summed E-state index contributed by atoms with van der Waals surface area (Å²) in [5.41, 5.74) is 3.80. The van der Waals surface area contributed by atoms with Crippen LogP contribution in [0.5, 0.6) is 5.75 Å². The lowest BCUT2D eigenvalue weighted by Crippen LogP contribution is -2.11. The molecular weight excluding hydrogens is 262 g/mol. The van der Waals surface area contributed by atoms with Crippen molar-refractivity contribution in [2.75, 3.05) is 31.4 Å². The summed E-state index contributed by atoms with van der Waals surface area (Å²) in [5, 5.41) is 3.58. The molecule has 0 fully saturated rings. The summed E-state index contributed by atoms with van der Waals surface area (Å²) in [5.74, 6) is 1.89. The van der Waals surface area contributed by atoms with E-state index in [0.717, 1.165) is 30.1 Å². The first-order valence-corrected chi connectivity index (χ1v) is 7.24. The van der Waals surface area contributed by atoms with Crippen LogP contribution < -0.4 is 15.0 Å². The third kappa shape index (κ3) is 2.79. The Morgan fingerprint density at radius 1 is 1.24 bits per heavy atom. The number of benzene rings is 1. The average Bonchev–Trinajstić information content (AvgIpc) is 2.90. The predicted octanol–water partition coefficient (Wildman–Crippen LogP) is 3.26. The Bertz CT molecular complexity index is 622. The van der Waals surface area contributed by atoms with E-state index in [1.54, 1.807) is 7.11 Å². The molecule has 1 atom stereocenters. The van der Waals surface area contributed by atoms with E-state index in [2.05, 4.69) is 28.5 Å². The van der Waals surface area contributed by atoms with Gasteiger partial charge in [-0.05, 0) is 48.2 Å². The van der Waals surface area contributed by atoms with E-state index in [1.807, 2.05) is 37.3 Å². The number of aryl methyl sites for hydroxylation is 1. The van der Waals surface area contributed by atoms with Gasteiger partial charge in [0.05, 0.1) is 25.0 Å². The van der Waals surface area contributed by atoms with Crippen LogP contribution in [0.2, 0.25) is 0 Å². The number of nitrogens with one attached hydrogen (secondary N) is 1. The molecular formula is C17H21N3O. The second-order valence-corrected chi connectivity index (χ2v) is 5.60. The maximum Gasteiger partial charge on any atom is 0.128 e. The lowest BCUT2D eigenvalue weighted by molar-refractivity contribution is 0.414. The van der Waals surface area contributed by atoms with Crippen LogP contribution >= 0.6 is 0 Å². The van der Waals surface area contributed by atoms with Crippen molar-refractivity contribution in [2.45, 2.75) is 18.9 Å². The lowest BCUT2D eigenvalue weighted by atomic mass is 10.1. The molecule has 1 N–H and O–H groups in total. The first kappa shape index (κ1) is 13.7. The molecule has 1 aromatic heterocycles. The van der Waals surface area contributed by atoms with Crippen molar-refractivity contribution in [1.29, 1.82) is 0 Å². The Labute approximate surface area is 125 Å². The van der Waals surface area contributed by atoms with E-state index in [0.29, 0.717) is 6.04 Å². The van der Waals surface area contributed by atoms with E-state index in [1.165, 1.54) is 11.1 Å². The molecule has 2 aromatic rings. The molecule has 110 valence electrons. The average molecular weight is 283 g/mol. The fourth-order valence-corrected chi connectivity index (χ4v) is 2.79. The minimum Gasteiger partial charge on any atom is -0.497 e. The first-order valence-electron chi connectivity index (χ1n) is 7.24. The highest BCUT2D eigenvalue weighted by atomic mass is 16.5. The number of anilines is 2. The highest BCUT2D eigenvalue weighted by Gasteiger charge is 2.22. The fraction of sp³-hybridized carbons (Fsp3) is 0.353. The number of pyridine rings is 1. The molecule has 21 heavy (non-hydrogen) atoms. The summed E-state index contributed by atoms with van der Waals surface area (Å²) in [6.45, 7) is 0. The van der Waals surface area contributed by atoms with Crippen LogP contribution in [0.4, 0.5) is 11.5 Å². The van der Waals surface area contributed by atoms with Crippen LogP contribution in [0, 0.1) is 0 Å². The summed E-state index contributed by atoms with van der Waals surface area (Å²) in [4.78, 5) is 6.45. The molecule has 0 spiro atoms. The maximum atomic E-state index is 5.33. The standard InChI is InChI=1S/C17H21N3O/c1-20(2)17-9-6-13(11-18-17)19-16-8-5-12-4-7-14(21-3)10-15(12)16/h4,6-7,9-11,16,19H,5,8H2,1-3H3. The Balaban J connectivity index is 1.78. The van der Waals surface area contributed by atoms with Crippen molar-refractivity contribution >= 4 is 11.5 Å². The van der Waals surface area contributed by atoms with Crippen LogP contribution in [0.25, 0.3) is 0 Å². The van der Waals surface area contributed by atoms with Gasteiger partial charge in [-0.2, -0.15) is 0 Å². The number of fused-ring (bicyclic) bond motifs is 1. The van der Waals surface area contributed by atoms with Gasteiger partial charge in [-0.3, -0.25) is 0 Å². The highest BCUT2D eigenvalue weighted by molar-refractivity contribution is 5.51. The van der Waals surface area contributed by atoms with Gasteiger partial charge in [0.2, 0.25) is 0 Å². The summed E-state index contributed by atoms with van der Waals surface area (Å²) < 4.78 is 5.33. The molecule has 0 amide bonds. The molecule has 1 aliphatic rings. The van der Waals surface area contributed by atoms with Crippen molar-refractivity contribution in [1.82, 2.24) is 4.98 Å². The number of aromatic nitrogens is 1. The van der Waals surface area contributed by atoms with Gasteiger partial charge in [-0.15, -0.1) is 0 Å².